The van der Waals surface area contributed by atoms with E-state index >= 15 is 0 Å². The first-order valence-corrected chi connectivity index (χ1v) is 5.81. The van der Waals surface area contributed by atoms with Gasteiger partial charge in [-0.25, -0.2) is 18.7 Å². The van der Waals surface area contributed by atoms with Crippen molar-refractivity contribution in [1.82, 2.24) is 14.3 Å². The molecule has 3 rings (SSSR count). The summed E-state index contributed by atoms with van der Waals surface area (Å²) in [6.07, 6.45) is 5.13. The summed E-state index contributed by atoms with van der Waals surface area (Å²) in [4.78, 5) is 25.5. The lowest BCUT2D eigenvalue weighted by molar-refractivity contribution is 0.250. The van der Waals surface area contributed by atoms with Gasteiger partial charge in [-0.2, -0.15) is 9.67 Å². The highest BCUT2D eigenvalue weighted by molar-refractivity contribution is 5.95. The number of halogens is 1. The summed E-state index contributed by atoms with van der Waals surface area (Å²) >= 11 is 0. The number of amides is 1. The van der Waals surface area contributed by atoms with E-state index < -0.39 is 17.5 Å². The van der Waals surface area contributed by atoms with E-state index in [-0.39, 0.29) is 13.1 Å². The Hall–Kier alpha value is -2.88. The number of aromatic nitrogens is 3. The molecule has 7 heteroatoms. The fraction of sp³-hybridized carbons (Fsp3) is 0.154. The van der Waals surface area contributed by atoms with Crippen LogP contribution in [0.2, 0.25) is 0 Å². The van der Waals surface area contributed by atoms with Gasteiger partial charge < -0.3 is 0 Å². The average Bonchev–Trinajstić information content (AvgIpc) is 2.90. The molecule has 1 aliphatic rings. The molecule has 0 unspecified atom stereocenters. The third-order valence-electron chi connectivity index (χ3n) is 3.01. The number of nitrogens with zero attached hydrogens (tertiary/aromatic N) is 4. The molecule has 2 heterocycles. The summed E-state index contributed by atoms with van der Waals surface area (Å²) < 4.78 is 14.9. The molecule has 6 nitrogen and oxygen atoms in total. The summed E-state index contributed by atoms with van der Waals surface area (Å²) in [7, 11) is 0. The van der Waals surface area contributed by atoms with E-state index in [0.29, 0.717) is 11.5 Å². The van der Waals surface area contributed by atoms with Crippen LogP contribution in [-0.2, 0) is 13.1 Å². The molecule has 0 saturated heterocycles. The zero-order chi connectivity index (χ0) is 14.3. The number of benzene rings is 1. The minimum Gasteiger partial charge on any atom is -0.286 e. The summed E-state index contributed by atoms with van der Waals surface area (Å²) in [6.45, 7) is 0.167. The second kappa shape index (κ2) is 4.35. The number of carbonyl (C=O) groups is 1. The highest BCUT2D eigenvalue weighted by Gasteiger charge is 2.33. The fourth-order valence-electron chi connectivity index (χ4n) is 2.09. The number of carbonyl (C=O) groups excluding carboxylic acids is 1. The molecule has 0 bridgehead atoms. The summed E-state index contributed by atoms with van der Waals surface area (Å²) in [5.74, 6) is 2.22. The quantitative estimate of drug-likeness (QED) is 0.760. The molecule has 0 N–H and O–H groups in total. The Labute approximate surface area is 113 Å². The van der Waals surface area contributed by atoms with E-state index in [1.807, 2.05) is 0 Å². The van der Waals surface area contributed by atoms with Gasteiger partial charge in [0.25, 0.3) is 0 Å². The van der Waals surface area contributed by atoms with Gasteiger partial charge in [-0.3, -0.25) is 4.90 Å². The largest absolute Gasteiger partial charge is 0.355 e. The average molecular weight is 272 g/mol. The van der Waals surface area contributed by atoms with Gasteiger partial charge in [-0.05, 0) is 24.3 Å². The zero-order valence-electron chi connectivity index (χ0n) is 10.3. The second-order valence-electron chi connectivity index (χ2n) is 4.24. The van der Waals surface area contributed by atoms with E-state index in [4.69, 9.17) is 6.42 Å². The number of hydrogen-bond donors (Lipinski definition) is 0. The van der Waals surface area contributed by atoms with Crippen molar-refractivity contribution in [3.63, 3.8) is 0 Å². The Bertz CT molecular complexity index is 782. The molecular formula is C13H9FN4O2. The van der Waals surface area contributed by atoms with E-state index in [9.17, 15) is 14.0 Å². The van der Waals surface area contributed by atoms with Gasteiger partial charge in [0.1, 0.15) is 12.4 Å². The van der Waals surface area contributed by atoms with E-state index in [1.54, 1.807) is 0 Å². The van der Waals surface area contributed by atoms with Gasteiger partial charge >= 0.3 is 11.7 Å². The highest BCUT2D eigenvalue weighted by Crippen LogP contribution is 2.22. The number of terminal acetylenes is 1. The standard InChI is InChI=1S/C13H9FN4O2/c1-2-7-17-13(20)18-11(15-17)8-16(12(18)19)10-5-3-9(14)4-6-10/h1,3-6H,7-8H2. The summed E-state index contributed by atoms with van der Waals surface area (Å²) in [5, 5.41) is 4.01. The maximum Gasteiger partial charge on any atom is 0.355 e. The van der Waals surface area contributed by atoms with Gasteiger partial charge in [0.05, 0.1) is 6.54 Å². The van der Waals surface area contributed by atoms with Crippen LogP contribution in [0.1, 0.15) is 5.82 Å². The normalized spacial score (nSPS) is 13.4. The highest BCUT2D eigenvalue weighted by atomic mass is 19.1. The molecule has 20 heavy (non-hydrogen) atoms. The van der Waals surface area contributed by atoms with Gasteiger partial charge in [-0.1, -0.05) is 5.92 Å². The van der Waals surface area contributed by atoms with Gasteiger partial charge in [0.15, 0.2) is 5.82 Å². The predicted octanol–water partition coefficient (Wildman–Crippen LogP) is 0.805. The number of fused-ring (bicyclic) bond motifs is 1. The van der Waals surface area contributed by atoms with Crippen LogP contribution in [0.5, 0.6) is 0 Å². The zero-order valence-corrected chi connectivity index (χ0v) is 10.3. The molecule has 0 saturated carbocycles. The van der Waals surface area contributed by atoms with Gasteiger partial charge in [0, 0.05) is 5.69 Å². The lowest BCUT2D eigenvalue weighted by Gasteiger charge is -2.14. The monoisotopic (exact) mass is 272 g/mol. The van der Waals surface area contributed by atoms with Gasteiger partial charge in [-0.15, -0.1) is 6.42 Å². The SMILES string of the molecule is C#CCn1nc2n(c1=O)C(=O)N(c1ccc(F)cc1)C2. The lowest BCUT2D eigenvalue weighted by Crippen LogP contribution is -2.34. The first-order valence-electron chi connectivity index (χ1n) is 5.81. The molecule has 0 fully saturated rings. The Morgan fingerprint density at radius 1 is 1.30 bits per heavy atom. The first-order chi connectivity index (χ1) is 9.61. The van der Waals surface area contributed by atoms with Crippen LogP contribution in [0.15, 0.2) is 29.1 Å². The number of hydrogen-bond acceptors (Lipinski definition) is 3. The number of anilines is 1. The first kappa shape index (κ1) is 12.2. The van der Waals surface area contributed by atoms with Crippen molar-refractivity contribution in [3.8, 4) is 12.3 Å². The topological polar surface area (TPSA) is 60.1 Å². The summed E-state index contributed by atoms with van der Waals surface area (Å²) in [6, 6.07) is 4.93. The molecule has 100 valence electrons. The maximum atomic E-state index is 12.9. The Morgan fingerprint density at radius 2 is 2.00 bits per heavy atom. The lowest BCUT2D eigenvalue weighted by atomic mass is 10.3. The molecule has 0 aliphatic carbocycles. The smallest absolute Gasteiger partial charge is 0.286 e. The maximum absolute atomic E-state index is 12.9. The molecule has 1 aromatic carbocycles. The molecule has 2 aromatic rings. The Kier molecular flexibility index (Phi) is 2.64. The van der Waals surface area contributed by atoms with Crippen LogP contribution in [0.25, 0.3) is 0 Å². The minimum atomic E-state index is -0.562. The Balaban J connectivity index is 1.98. The van der Waals surface area contributed by atoms with Gasteiger partial charge in [0.2, 0.25) is 0 Å². The minimum absolute atomic E-state index is 0.0165. The van der Waals surface area contributed by atoms with E-state index in [2.05, 4.69) is 11.0 Å². The van der Waals surface area contributed by atoms with Crippen molar-refractivity contribution in [2.75, 3.05) is 4.90 Å². The Morgan fingerprint density at radius 3 is 2.60 bits per heavy atom. The third kappa shape index (κ3) is 1.70. The number of rotatable bonds is 2. The van der Waals surface area contributed by atoms with Crippen LogP contribution in [-0.4, -0.2) is 20.4 Å². The fourth-order valence-corrected chi connectivity index (χ4v) is 2.09. The van der Waals surface area contributed by atoms with E-state index in [1.165, 1.54) is 29.2 Å². The van der Waals surface area contributed by atoms with Crippen molar-refractivity contribution in [2.24, 2.45) is 0 Å². The third-order valence-corrected chi connectivity index (χ3v) is 3.01. The molecule has 0 spiro atoms. The van der Waals surface area contributed by atoms with Crippen molar-refractivity contribution in [3.05, 3.63) is 46.4 Å². The van der Waals surface area contributed by atoms with Crippen LogP contribution in [0, 0.1) is 18.2 Å². The molecule has 1 aliphatic heterocycles. The van der Waals surface area contributed by atoms with Crippen LogP contribution >= 0.6 is 0 Å². The van der Waals surface area contributed by atoms with Crippen LogP contribution < -0.4 is 10.6 Å². The molecular weight excluding hydrogens is 263 g/mol. The van der Waals surface area contributed by atoms with Crippen molar-refractivity contribution in [2.45, 2.75) is 13.1 Å². The molecule has 0 atom stereocenters. The van der Waals surface area contributed by atoms with Crippen molar-refractivity contribution < 1.29 is 9.18 Å². The molecule has 1 amide bonds. The van der Waals surface area contributed by atoms with Crippen molar-refractivity contribution >= 4 is 11.7 Å². The van der Waals surface area contributed by atoms with Crippen LogP contribution in [0.4, 0.5) is 14.9 Å². The summed E-state index contributed by atoms with van der Waals surface area (Å²) in [5.41, 5.74) is -0.0580. The second-order valence-corrected chi connectivity index (χ2v) is 4.24. The van der Waals surface area contributed by atoms with Crippen molar-refractivity contribution in [1.29, 1.82) is 0 Å². The molecule has 0 radical (unpaired) electrons. The van der Waals surface area contributed by atoms with Crippen LogP contribution in [0.3, 0.4) is 0 Å². The van der Waals surface area contributed by atoms with E-state index in [0.717, 1.165) is 9.25 Å². The predicted molar refractivity (Wildman–Crippen MR) is 68.7 cm³/mol. The molecule has 1 aromatic heterocycles.